The third kappa shape index (κ3) is 4.09. The van der Waals surface area contributed by atoms with E-state index >= 15 is 0 Å². The van der Waals surface area contributed by atoms with Crippen molar-refractivity contribution < 1.29 is 9.53 Å². The Labute approximate surface area is 196 Å². The smallest absolute Gasteiger partial charge is 0.355 e. The second-order valence-corrected chi connectivity index (χ2v) is 9.08. The molecule has 0 radical (unpaired) electrons. The van der Waals surface area contributed by atoms with Crippen LogP contribution >= 0.6 is 22.6 Å². The molecule has 2 heterocycles. The summed E-state index contributed by atoms with van der Waals surface area (Å²) in [6, 6.07) is 6.02. The summed E-state index contributed by atoms with van der Waals surface area (Å²) in [5, 5.41) is 7.59. The predicted molar refractivity (Wildman–Crippen MR) is 127 cm³/mol. The van der Waals surface area contributed by atoms with Crippen LogP contribution in [0.4, 0.5) is 4.79 Å². The van der Waals surface area contributed by atoms with Crippen molar-refractivity contribution in [1.29, 1.82) is 0 Å². The van der Waals surface area contributed by atoms with Crippen LogP contribution in [0.25, 0.3) is 11.3 Å². The molecule has 2 amide bonds. The van der Waals surface area contributed by atoms with Gasteiger partial charge in [-0.2, -0.15) is 5.10 Å². The number of halogens is 1. The van der Waals surface area contributed by atoms with Gasteiger partial charge in [-0.05, 0) is 72.2 Å². The molecule has 2 atom stereocenters. The Kier molecular flexibility index (Phi) is 6.09. The van der Waals surface area contributed by atoms with E-state index in [1.807, 2.05) is 36.9 Å². The number of aromatic nitrogens is 2. The second-order valence-electron chi connectivity index (χ2n) is 8.01. The van der Waals surface area contributed by atoms with E-state index in [2.05, 4.69) is 70.8 Å². The topological polar surface area (TPSA) is 74.7 Å². The van der Waals surface area contributed by atoms with Crippen molar-refractivity contribution in [2.45, 2.75) is 20.8 Å². The molecule has 2 aliphatic rings. The lowest BCUT2D eigenvalue weighted by molar-refractivity contribution is 0.177. The van der Waals surface area contributed by atoms with Gasteiger partial charge >= 0.3 is 6.03 Å². The molecular formula is C22H27IN6O2. The molecule has 0 saturated carbocycles. The molecule has 8 nitrogen and oxygen atoms in total. The lowest BCUT2D eigenvalue weighted by Gasteiger charge is -2.31. The van der Waals surface area contributed by atoms with E-state index in [1.165, 1.54) is 10.0 Å². The highest BCUT2D eigenvalue weighted by molar-refractivity contribution is 14.1. The summed E-state index contributed by atoms with van der Waals surface area (Å²) in [4.78, 5) is 12.4. The number of hydrogen-bond acceptors (Lipinski definition) is 5. The molecule has 1 aliphatic heterocycles. The number of amides is 2. The molecule has 0 spiro atoms. The highest BCUT2D eigenvalue weighted by Gasteiger charge is 2.35. The molecule has 1 fully saturated rings. The van der Waals surface area contributed by atoms with E-state index in [9.17, 15) is 4.79 Å². The number of allylic oxidation sites excluding steroid dienone is 3. The van der Waals surface area contributed by atoms with Gasteiger partial charge in [0.05, 0.1) is 10.2 Å². The molecule has 1 aliphatic carbocycles. The van der Waals surface area contributed by atoms with Gasteiger partial charge in [0.1, 0.15) is 11.4 Å². The van der Waals surface area contributed by atoms with Gasteiger partial charge in [0.15, 0.2) is 0 Å². The average molecular weight is 534 g/mol. The van der Waals surface area contributed by atoms with Crippen molar-refractivity contribution in [1.82, 2.24) is 30.9 Å². The number of carbonyl (C=O) groups excluding carboxylic acids is 1. The molecule has 1 aromatic carbocycles. The molecule has 2 unspecified atom stereocenters. The van der Waals surface area contributed by atoms with Crippen LogP contribution in [-0.4, -0.2) is 39.5 Å². The minimum absolute atomic E-state index is 0.0354. The summed E-state index contributed by atoms with van der Waals surface area (Å²) in [6.07, 6.45) is 6.08. The van der Waals surface area contributed by atoms with Gasteiger partial charge in [-0.15, -0.1) is 11.1 Å². The van der Waals surface area contributed by atoms with Gasteiger partial charge in [0, 0.05) is 37.0 Å². The molecular weight excluding hydrogens is 507 g/mol. The molecule has 1 saturated heterocycles. The van der Waals surface area contributed by atoms with E-state index in [0.29, 0.717) is 6.61 Å². The van der Waals surface area contributed by atoms with Gasteiger partial charge in [-0.25, -0.2) is 14.8 Å². The normalized spacial score (nSPS) is 21.1. The van der Waals surface area contributed by atoms with Crippen molar-refractivity contribution in [2.24, 2.45) is 18.9 Å². The van der Waals surface area contributed by atoms with E-state index in [0.717, 1.165) is 37.5 Å². The Bertz CT molecular complexity index is 1080. The fraction of sp³-hybridized carbons (Fsp3) is 0.364. The fourth-order valence-electron chi connectivity index (χ4n) is 3.78. The first-order chi connectivity index (χ1) is 14.8. The largest absolute Gasteiger partial charge is 0.493 e. The van der Waals surface area contributed by atoms with Gasteiger partial charge in [-0.3, -0.25) is 4.68 Å². The molecule has 31 heavy (non-hydrogen) atoms. The van der Waals surface area contributed by atoms with E-state index in [1.54, 1.807) is 7.05 Å². The lowest BCUT2D eigenvalue weighted by atomic mass is 9.87. The summed E-state index contributed by atoms with van der Waals surface area (Å²) in [7, 11) is 3.64. The first kappa shape index (κ1) is 21.8. The summed E-state index contributed by atoms with van der Waals surface area (Å²) in [6.45, 7) is 6.72. The van der Waals surface area contributed by atoms with Crippen molar-refractivity contribution in [3.8, 4) is 17.0 Å². The number of aryl methyl sites for hydroxylation is 2. The highest BCUT2D eigenvalue weighted by atomic mass is 127. The molecule has 1 aromatic heterocycles. The first-order valence-corrected chi connectivity index (χ1v) is 11.3. The van der Waals surface area contributed by atoms with Crippen molar-refractivity contribution in [3.63, 3.8) is 0 Å². The van der Waals surface area contributed by atoms with Crippen molar-refractivity contribution in [3.05, 3.63) is 57.0 Å². The molecule has 9 heteroatoms. The molecule has 2 N–H and O–H groups in total. The summed E-state index contributed by atoms with van der Waals surface area (Å²) in [5.41, 5.74) is 10.9. The maximum atomic E-state index is 12.4. The monoisotopic (exact) mass is 534 g/mol. The summed E-state index contributed by atoms with van der Waals surface area (Å²) in [5.74, 6) is 1.11. The zero-order valence-electron chi connectivity index (χ0n) is 18.3. The van der Waals surface area contributed by atoms with Gasteiger partial charge in [-0.1, -0.05) is 19.1 Å². The first-order valence-electron chi connectivity index (χ1n) is 10.2. The Morgan fingerprint density at radius 1 is 1.23 bits per heavy atom. The Balaban J connectivity index is 1.51. The van der Waals surface area contributed by atoms with Crippen LogP contribution in [-0.2, 0) is 7.05 Å². The minimum Gasteiger partial charge on any atom is -0.493 e. The highest BCUT2D eigenvalue weighted by Crippen LogP contribution is 2.33. The van der Waals surface area contributed by atoms with Crippen LogP contribution < -0.4 is 15.8 Å². The van der Waals surface area contributed by atoms with E-state index in [4.69, 9.17) is 4.74 Å². The standard InChI is InChI=1S/C22H27IN6O2/c1-13-7-6-8-18(29-22(30)28(5)25-26-29)17(13)12-31-19-10-9-16(11-14(19)2)21-20(23)15(3)27(4)24-21/h6-11,13,17,25-26H,12H2,1-5H3. The van der Waals surface area contributed by atoms with Gasteiger partial charge in [0.25, 0.3) is 0 Å². The quantitative estimate of drug-likeness (QED) is 0.573. The number of nitrogens with one attached hydrogen (secondary N) is 2. The fourth-order valence-corrected chi connectivity index (χ4v) is 4.55. The van der Waals surface area contributed by atoms with Crippen molar-refractivity contribution in [2.75, 3.05) is 13.7 Å². The predicted octanol–water partition coefficient (Wildman–Crippen LogP) is 3.68. The number of carbonyl (C=O) groups is 1. The van der Waals surface area contributed by atoms with Crippen LogP contribution in [0, 0.1) is 29.3 Å². The molecule has 2 aromatic rings. The Morgan fingerprint density at radius 2 is 2.00 bits per heavy atom. The number of benzene rings is 1. The lowest BCUT2D eigenvalue weighted by Crippen LogP contribution is -2.42. The van der Waals surface area contributed by atoms with E-state index in [-0.39, 0.29) is 17.9 Å². The Hall–Kier alpha value is -2.37. The average Bonchev–Trinajstić information content (AvgIpc) is 3.21. The maximum absolute atomic E-state index is 12.4. The van der Waals surface area contributed by atoms with Crippen LogP contribution in [0.2, 0.25) is 0 Å². The molecule has 164 valence electrons. The van der Waals surface area contributed by atoms with Crippen LogP contribution in [0.1, 0.15) is 18.2 Å². The molecule has 4 rings (SSSR count). The van der Waals surface area contributed by atoms with Crippen molar-refractivity contribution >= 4 is 28.6 Å². The number of nitrogens with zero attached hydrogens (tertiary/aromatic N) is 4. The second kappa shape index (κ2) is 8.64. The van der Waals surface area contributed by atoms with Gasteiger partial charge in [0.2, 0.25) is 0 Å². The van der Waals surface area contributed by atoms with Crippen LogP contribution in [0.5, 0.6) is 5.75 Å². The van der Waals surface area contributed by atoms with Crippen LogP contribution in [0.3, 0.4) is 0 Å². The van der Waals surface area contributed by atoms with E-state index < -0.39 is 0 Å². The number of hydrogen-bond donors (Lipinski definition) is 2. The number of urea groups is 1. The maximum Gasteiger partial charge on any atom is 0.355 e. The number of rotatable bonds is 5. The zero-order valence-corrected chi connectivity index (χ0v) is 20.5. The van der Waals surface area contributed by atoms with Gasteiger partial charge < -0.3 is 4.74 Å². The number of ether oxygens (including phenoxy) is 1. The third-order valence-corrected chi connectivity index (χ3v) is 7.18. The SMILES string of the molecule is Cc1cc(-c2nn(C)c(C)c2I)ccc1OCC1C(N2NNN(C)C2=O)=CC=CC1C. The number of hydrazine groups is 3. The van der Waals surface area contributed by atoms with Crippen LogP contribution in [0.15, 0.2) is 42.1 Å². The minimum atomic E-state index is -0.153. The summed E-state index contributed by atoms with van der Waals surface area (Å²) < 4.78 is 9.31. The third-order valence-electron chi connectivity index (χ3n) is 5.89. The zero-order chi connectivity index (χ0) is 22.3. The molecule has 0 bridgehead atoms. The summed E-state index contributed by atoms with van der Waals surface area (Å²) >= 11 is 2.35. The Morgan fingerprint density at radius 3 is 2.61 bits per heavy atom.